The summed E-state index contributed by atoms with van der Waals surface area (Å²) in [4.78, 5) is 29.8. The molecule has 1 amide bonds. The van der Waals surface area contributed by atoms with E-state index in [-0.39, 0.29) is 23.8 Å². The van der Waals surface area contributed by atoms with Crippen LogP contribution in [0.1, 0.15) is 10.4 Å². The Kier molecular flexibility index (Phi) is 3.96. The Morgan fingerprint density at radius 3 is 2.53 bits per heavy atom. The molecular weight excluding hydrogens is 250 g/mol. The van der Waals surface area contributed by atoms with Crippen molar-refractivity contribution in [2.75, 3.05) is 32.7 Å². The van der Waals surface area contributed by atoms with Crippen molar-refractivity contribution in [3.63, 3.8) is 0 Å². The summed E-state index contributed by atoms with van der Waals surface area (Å²) in [6, 6.07) is 1.47. The van der Waals surface area contributed by atoms with E-state index in [2.05, 4.69) is 4.98 Å². The van der Waals surface area contributed by atoms with Crippen LogP contribution in [0, 0.1) is 0 Å². The number of carbonyl (C=O) groups is 2. The van der Waals surface area contributed by atoms with Gasteiger partial charge in [-0.25, -0.2) is 0 Å². The summed E-state index contributed by atoms with van der Waals surface area (Å²) in [6.07, 6.45) is 2.68. The van der Waals surface area contributed by atoms with Gasteiger partial charge in [-0.05, 0) is 6.07 Å². The van der Waals surface area contributed by atoms with Crippen LogP contribution < -0.4 is 0 Å². The number of pyridine rings is 1. The number of carbonyl (C=O) groups excluding carboxylic acids is 1. The molecule has 7 nitrogen and oxygen atoms in total. The van der Waals surface area contributed by atoms with E-state index < -0.39 is 5.97 Å². The maximum Gasteiger partial charge on any atom is 0.317 e. The number of piperazine rings is 1. The summed E-state index contributed by atoms with van der Waals surface area (Å²) in [5.41, 5.74) is 0.224. The first-order valence-electron chi connectivity index (χ1n) is 5.94. The first-order chi connectivity index (χ1) is 9.08. The molecule has 1 fully saturated rings. The van der Waals surface area contributed by atoms with Gasteiger partial charge in [-0.3, -0.25) is 19.5 Å². The molecule has 0 radical (unpaired) electrons. The predicted molar refractivity (Wildman–Crippen MR) is 65.9 cm³/mol. The largest absolute Gasteiger partial charge is 0.505 e. The molecular formula is C12H15N3O4. The SMILES string of the molecule is O=C(O)CN1CCN(C(=O)c2ccncc2O)CC1. The Balaban J connectivity index is 1.96. The summed E-state index contributed by atoms with van der Waals surface area (Å²) >= 11 is 0. The molecule has 2 N–H and O–H groups in total. The minimum absolute atomic E-state index is 0.0114. The Labute approximate surface area is 110 Å². The predicted octanol–water partition coefficient (Wildman–Crippen LogP) is -0.370. The van der Waals surface area contributed by atoms with Crippen LogP contribution in [-0.2, 0) is 4.79 Å². The fourth-order valence-corrected chi connectivity index (χ4v) is 2.04. The number of nitrogens with zero attached hydrogens (tertiary/aromatic N) is 3. The van der Waals surface area contributed by atoms with Crippen LogP contribution >= 0.6 is 0 Å². The second-order valence-corrected chi connectivity index (χ2v) is 4.35. The molecule has 1 aromatic rings. The highest BCUT2D eigenvalue weighted by atomic mass is 16.4. The van der Waals surface area contributed by atoms with Gasteiger partial charge in [0.2, 0.25) is 0 Å². The van der Waals surface area contributed by atoms with E-state index in [1.54, 1.807) is 9.80 Å². The Morgan fingerprint density at radius 1 is 1.26 bits per heavy atom. The summed E-state index contributed by atoms with van der Waals surface area (Å²) in [5, 5.41) is 18.3. The van der Waals surface area contributed by atoms with Gasteiger partial charge in [-0.1, -0.05) is 0 Å². The normalized spacial score (nSPS) is 16.3. The summed E-state index contributed by atoms with van der Waals surface area (Å²) in [6.45, 7) is 1.93. The van der Waals surface area contributed by atoms with E-state index in [0.29, 0.717) is 26.2 Å². The molecule has 0 spiro atoms. The number of aromatic nitrogens is 1. The van der Waals surface area contributed by atoms with Crippen LogP contribution in [0.25, 0.3) is 0 Å². The first kappa shape index (κ1) is 13.3. The van der Waals surface area contributed by atoms with Gasteiger partial charge in [-0.15, -0.1) is 0 Å². The molecule has 1 aromatic heterocycles. The van der Waals surface area contributed by atoms with Gasteiger partial charge in [-0.2, -0.15) is 0 Å². The van der Waals surface area contributed by atoms with Gasteiger partial charge < -0.3 is 15.1 Å². The summed E-state index contributed by atoms with van der Waals surface area (Å²) < 4.78 is 0. The number of hydrogen-bond acceptors (Lipinski definition) is 5. The van der Waals surface area contributed by atoms with Crippen LogP contribution in [0.15, 0.2) is 18.5 Å². The van der Waals surface area contributed by atoms with E-state index in [4.69, 9.17) is 5.11 Å². The standard InChI is InChI=1S/C12H15N3O4/c16-10-7-13-2-1-9(10)12(19)15-5-3-14(4-6-15)8-11(17)18/h1-2,7,16H,3-6,8H2,(H,17,18). The highest BCUT2D eigenvalue weighted by molar-refractivity contribution is 5.96. The zero-order valence-corrected chi connectivity index (χ0v) is 10.3. The molecule has 1 aliphatic heterocycles. The molecule has 0 aliphatic carbocycles. The number of rotatable bonds is 3. The molecule has 19 heavy (non-hydrogen) atoms. The fourth-order valence-electron chi connectivity index (χ4n) is 2.04. The number of amides is 1. The Bertz CT molecular complexity index is 484. The Hall–Kier alpha value is -2.15. The van der Waals surface area contributed by atoms with Crippen molar-refractivity contribution >= 4 is 11.9 Å². The van der Waals surface area contributed by atoms with E-state index in [9.17, 15) is 14.7 Å². The minimum Gasteiger partial charge on any atom is -0.505 e. The van der Waals surface area contributed by atoms with E-state index in [1.807, 2.05) is 0 Å². The highest BCUT2D eigenvalue weighted by Crippen LogP contribution is 2.17. The molecule has 1 saturated heterocycles. The Morgan fingerprint density at radius 2 is 1.95 bits per heavy atom. The molecule has 1 aliphatic rings. The van der Waals surface area contributed by atoms with Crippen molar-refractivity contribution in [3.05, 3.63) is 24.0 Å². The van der Waals surface area contributed by atoms with Gasteiger partial charge in [0.25, 0.3) is 5.91 Å². The molecule has 0 atom stereocenters. The number of aromatic hydroxyl groups is 1. The average molecular weight is 265 g/mol. The van der Waals surface area contributed by atoms with Crippen molar-refractivity contribution in [2.45, 2.75) is 0 Å². The lowest BCUT2D eigenvalue weighted by Gasteiger charge is -2.33. The molecule has 102 valence electrons. The maximum atomic E-state index is 12.2. The molecule has 0 bridgehead atoms. The third-order valence-corrected chi connectivity index (χ3v) is 3.05. The summed E-state index contributed by atoms with van der Waals surface area (Å²) in [7, 11) is 0. The van der Waals surface area contributed by atoms with E-state index in [1.165, 1.54) is 18.5 Å². The van der Waals surface area contributed by atoms with Gasteiger partial charge in [0, 0.05) is 32.4 Å². The van der Waals surface area contributed by atoms with Gasteiger partial charge in [0.15, 0.2) is 0 Å². The minimum atomic E-state index is -0.869. The van der Waals surface area contributed by atoms with E-state index in [0.717, 1.165) is 0 Å². The molecule has 0 unspecified atom stereocenters. The third-order valence-electron chi connectivity index (χ3n) is 3.05. The quantitative estimate of drug-likeness (QED) is 0.774. The van der Waals surface area contributed by atoms with Gasteiger partial charge >= 0.3 is 5.97 Å². The number of carboxylic acid groups (broad SMARTS) is 1. The molecule has 2 rings (SSSR count). The topological polar surface area (TPSA) is 94.0 Å². The molecule has 0 saturated carbocycles. The third kappa shape index (κ3) is 3.19. The second-order valence-electron chi connectivity index (χ2n) is 4.35. The van der Waals surface area contributed by atoms with Crippen LogP contribution in [-0.4, -0.2) is 69.6 Å². The number of hydrogen-bond donors (Lipinski definition) is 2. The lowest BCUT2D eigenvalue weighted by Crippen LogP contribution is -2.49. The maximum absolute atomic E-state index is 12.2. The molecule has 0 aromatic carbocycles. The first-order valence-corrected chi connectivity index (χ1v) is 5.94. The average Bonchev–Trinajstić information content (AvgIpc) is 2.39. The highest BCUT2D eigenvalue weighted by Gasteiger charge is 2.24. The summed E-state index contributed by atoms with van der Waals surface area (Å²) in [5.74, 6) is -1.26. The van der Waals surface area contributed by atoms with Crippen molar-refractivity contribution in [1.29, 1.82) is 0 Å². The van der Waals surface area contributed by atoms with Crippen molar-refractivity contribution in [1.82, 2.24) is 14.8 Å². The van der Waals surface area contributed by atoms with Crippen LogP contribution in [0.4, 0.5) is 0 Å². The second kappa shape index (κ2) is 5.66. The van der Waals surface area contributed by atoms with Crippen LogP contribution in [0.5, 0.6) is 5.75 Å². The van der Waals surface area contributed by atoms with Gasteiger partial charge in [0.1, 0.15) is 5.75 Å². The van der Waals surface area contributed by atoms with E-state index >= 15 is 0 Å². The van der Waals surface area contributed by atoms with Gasteiger partial charge in [0.05, 0.1) is 18.3 Å². The van der Waals surface area contributed by atoms with Crippen LogP contribution in [0.3, 0.4) is 0 Å². The van der Waals surface area contributed by atoms with Crippen molar-refractivity contribution in [2.24, 2.45) is 0 Å². The lowest BCUT2D eigenvalue weighted by atomic mass is 10.2. The van der Waals surface area contributed by atoms with Crippen molar-refractivity contribution < 1.29 is 19.8 Å². The lowest BCUT2D eigenvalue weighted by molar-refractivity contribution is -0.138. The fraction of sp³-hybridized carbons (Fsp3) is 0.417. The van der Waals surface area contributed by atoms with Crippen LogP contribution in [0.2, 0.25) is 0 Å². The zero-order chi connectivity index (χ0) is 13.8. The number of carboxylic acids is 1. The zero-order valence-electron chi connectivity index (χ0n) is 10.3. The molecule has 7 heteroatoms. The monoisotopic (exact) mass is 265 g/mol. The van der Waals surface area contributed by atoms with Crippen molar-refractivity contribution in [3.8, 4) is 5.75 Å². The smallest absolute Gasteiger partial charge is 0.317 e. The molecule has 2 heterocycles. The number of aliphatic carboxylic acids is 1.